The topological polar surface area (TPSA) is 184 Å². The van der Waals surface area contributed by atoms with E-state index < -0.39 is 52.8 Å². The van der Waals surface area contributed by atoms with Crippen molar-refractivity contribution in [2.45, 2.75) is 97.2 Å². The fourth-order valence-corrected chi connectivity index (χ4v) is 8.24. The number of carboxylic acids is 1. The van der Waals surface area contributed by atoms with Crippen molar-refractivity contribution in [3.8, 4) is 0 Å². The van der Waals surface area contributed by atoms with E-state index in [1.54, 1.807) is 13.0 Å². The molecule has 42 heavy (non-hydrogen) atoms. The lowest BCUT2D eigenvalue weighted by Gasteiger charge is -2.57. The highest BCUT2D eigenvalue weighted by Gasteiger charge is 2.68. The molecule has 0 spiro atoms. The molecule has 3 fully saturated rings. The van der Waals surface area contributed by atoms with Crippen LogP contribution in [0.15, 0.2) is 11.6 Å². The molecule has 0 saturated heterocycles. The van der Waals surface area contributed by atoms with Crippen LogP contribution in [-0.4, -0.2) is 75.4 Å². The second-order valence-corrected chi connectivity index (χ2v) is 13.9. The number of hydrogen-bond donors (Lipinski definition) is 4. The van der Waals surface area contributed by atoms with Crippen LogP contribution in [0.1, 0.15) is 85.5 Å². The van der Waals surface area contributed by atoms with Gasteiger partial charge in [-0.05, 0) is 55.4 Å². The van der Waals surface area contributed by atoms with E-state index in [-0.39, 0.29) is 67.0 Å². The largest absolute Gasteiger partial charge is 0.479 e. The first-order chi connectivity index (χ1) is 19.5. The lowest BCUT2D eigenvalue weighted by Crippen LogP contribution is -2.61. The van der Waals surface area contributed by atoms with Gasteiger partial charge in [0, 0.05) is 42.6 Å². The van der Waals surface area contributed by atoms with Gasteiger partial charge in [-0.2, -0.15) is 0 Å². The van der Waals surface area contributed by atoms with Gasteiger partial charge in [0.25, 0.3) is 0 Å². The minimum absolute atomic E-state index is 0.00363. The molecule has 232 valence electrons. The summed E-state index contributed by atoms with van der Waals surface area (Å²) in [4.78, 5) is 74.6. The van der Waals surface area contributed by atoms with E-state index in [0.29, 0.717) is 19.3 Å². The quantitative estimate of drug-likeness (QED) is 0.274. The first-order valence-electron chi connectivity index (χ1n) is 14.8. The van der Waals surface area contributed by atoms with Crippen molar-refractivity contribution in [3.05, 3.63) is 11.6 Å². The molecule has 0 aromatic rings. The Hall–Kier alpha value is -2.92. The van der Waals surface area contributed by atoms with E-state index in [9.17, 15) is 39.0 Å². The zero-order valence-corrected chi connectivity index (χ0v) is 24.9. The van der Waals surface area contributed by atoms with Crippen LogP contribution < -0.4 is 5.32 Å². The van der Waals surface area contributed by atoms with E-state index in [2.05, 4.69) is 12.2 Å². The van der Waals surface area contributed by atoms with Crippen LogP contribution in [0.4, 0.5) is 0 Å². The first-order valence-corrected chi connectivity index (χ1v) is 14.8. The van der Waals surface area contributed by atoms with Gasteiger partial charge in [0.05, 0.1) is 6.42 Å². The summed E-state index contributed by atoms with van der Waals surface area (Å²) in [6.07, 6.45) is 2.70. The summed E-state index contributed by atoms with van der Waals surface area (Å²) in [5.74, 6) is -3.63. The first kappa shape index (κ1) is 32.0. The van der Waals surface area contributed by atoms with Crippen LogP contribution in [0.2, 0.25) is 0 Å². The highest BCUT2D eigenvalue weighted by Crippen LogP contribution is 2.66. The van der Waals surface area contributed by atoms with Gasteiger partial charge in [0.15, 0.2) is 18.5 Å². The number of carbonyl (C=O) groups excluding carboxylic acids is 5. The number of allylic oxidation sites excluding steroid dienone is 1. The van der Waals surface area contributed by atoms with Crippen LogP contribution >= 0.6 is 0 Å². The van der Waals surface area contributed by atoms with Gasteiger partial charge >= 0.3 is 11.9 Å². The summed E-state index contributed by atoms with van der Waals surface area (Å²) in [6, 6.07) is 0. The number of aliphatic hydroxyl groups excluding tert-OH is 1. The van der Waals surface area contributed by atoms with E-state index in [1.807, 2.05) is 0 Å². The Morgan fingerprint density at radius 3 is 2.45 bits per heavy atom. The molecule has 0 aromatic carbocycles. The van der Waals surface area contributed by atoms with E-state index in [0.717, 1.165) is 18.4 Å². The highest BCUT2D eigenvalue weighted by atomic mass is 16.5. The maximum absolute atomic E-state index is 13.7. The molecule has 0 aromatic heterocycles. The molecule has 0 unspecified atom stereocenters. The third kappa shape index (κ3) is 5.45. The number of carbonyl (C=O) groups is 6. The molecule has 11 nitrogen and oxygen atoms in total. The molecular formula is C31H43NO10. The number of ketones is 3. The molecule has 4 N–H and O–H groups in total. The van der Waals surface area contributed by atoms with Crippen LogP contribution in [-0.2, 0) is 33.5 Å². The summed E-state index contributed by atoms with van der Waals surface area (Å²) in [6.45, 7) is 6.03. The second-order valence-electron chi connectivity index (χ2n) is 13.9. The minimum atomic E-state index is -1.83. The third-order valence-electron chi connectivity index (χ3n) is 10.9. The van der Waals surface area contributed by atoms with Crippen molar-refractivity contribution in [2.75, 3.05) is 13.2 Å². The zero-order valence-electron chi connectivity index (χ0n) is 24.9. The standard InChI is InChI=1S/C31H43NO10/c1-28(2,26(38)27(39)40)16-32-23(36)7-8-24(37)42-15-22(35)31(41)12-10-20-19-6-5-17-13-18(33)9-11-29(17,3)25(19)21(34)14-30(20,31)4/h13,19-20,25-26,38,41H,5-12,14-16H2,1-4H3,(H,32,36)(H,39,40)/t19-,20+,25+,26-,29-,30-,31-/m0/s1. The Labute approximate surface area is 245 Å². The molecule has 0 bridgehead atoms. The lowest BCUT2D eigenvalue weighted by atomic mass is 9.46. The number of nitrogens with one attached hydrogen (secondary N) is 1. The third-order valence-corrected chi connectivity index (χ3v) is 10.9. The predicted molar refractivity (Wildman–Crippen MR) is 148 cm³/mol. The summed E-state index contributed by atoms with van der Waals surface area (Å²) < 4.78 is 5.13. The molecule has 4 aliphatic rings. The van der Waals surface area contributed by atoms with Gasteiger partial charge in [-0.1, -0.05) is 33.3 Å². The summed E-state index contributed by atoms with van der Waals surface area (Å²) >= 11 is 0. The number of aliphatic carboxylic acids is 1. The Kier molecular flexibility index (Phi) is 8.61. The Balaban J connectivity index is 1.33. The number of fused-ring (bicyclic) bond motifs is 5. The van der Waals surface area contributed by atoms with Crippen LogP contribution in [0.3, 0.4) is 0 Å². The van der Waals surface area contributed by atoms with Crippen LogP contribution in [0.5, 0.6) is 0 Å². The summed E-state index contributed by atoms with van der Waals surface area (Å²) in [5, 5.41) is 32.9. The van der Waals surface area contributed by atoms with Gasteiger partial charge in [-0.15, -0.1) is 0 Å². The van der Waals surface area contributed by atoms with Gasteiger partial charge in [-0.3, -0.25) is 24.0 Å². The summed E-state index contributed by atoms with van der Waals surface area (Å²) in [7, 11) is 0. The Morgan fingerprint density at radius 1 is 1.10 bits per heavy atom. The van der Waals surface area contributed by atoms with Crippen molar-refractivity contribution in [2.24, 2.45) is 34.0 Å². The number of carboxylic acid groups (broad SMARTS) is 1. The van der Waals surface area contributed by atoms with Crippen molar-refractivity contribution in [1.82, 2.24) is 5.32 Å². The average molecular weight is 590 g/mol. The number of esters is 1. The van der Waals surface area contributed by atoms with Gasteiger partial charge in [-0.25, -0.2) is 4.79 Å². The number of ether oxygens (including phenoxy) is 1. The highest BCUT2D eigenvalue weighted by molar-refractivity contribution is 5.95. The molecule has 0 radical (unpaired) electrons. The van der Waals surface area contributed by atoms with E-state index in [1.165, 1.54) is 13.8 Å². The monoisotopic (exact) mass is 589 g/mol. The van der Waals surface area contributed by atoms with E-state index >= 15 is 0 Å². The molecule has 11 heteroatoms. The minimum Gasteiger partial charge on any atom is -0.479 e. The molecule has 4 rings (SSSR count). The molecule has 1 amide bonds. The molecule has 3 saturated carbocycles. The molecule has 0 aliphatic heterocycles. The van der Waals surface area contributed by atoms with Crippen molar-refractivity contribution < 1.29 is 48.8 Å². The fraction of sp³-hybridized carbons (Fsp3) is 0.742. The van der Waals surface area contributed by atoms with Crippen LogP contribution in [0.25, 0.3) is 0 Å². The smallest absolute Gasteiger partial charge is 0.333 e. The summed E-state index contributed by atoms with van der Waals surface area (Å²) in [5.41, 5.74) is -3.30. The van der Waals surface area contributed by atoms with Gasteiger partial charge in [0.2, 0.25) is 11.7 Å². The number of aliphatic hydroxyl groups is 2. The molecule has 7 atom stereocenters. The van der Waals surface area contributed by atoms with Crippen molar-refractivity contribution >= 4 is 35.2 Å². The van der Waals surface area contributed by atoms with Crippen molar-refractivity contribution in [1.29, 1.82) is 0 Å². The zero-order chi connectivity index (χ0) is 31.3. The van der Waals surface area contributed by atoms with Crippen LogP contribution in [0, 0.1) is 34.0 Å². The number of hydrogen-bond acceptors (Lipinski definition) is 9. The molecular weight excluding hydrogens is 546 g/mol. The van der Waals surface area contributed by atoms with Gasteiger partial charge < -0.3 is 25.4 Å². The number of rotatable bonds is 10. The molecule has 0 heterocycles. The maximum Gasteiger partial charge on any atom is 0.333 e. The Bertz CT molecular complexity index is 1220. The SMILES string of the molecule is CC(C)(CNC(=O)CCC(=O)OCC(=O)[C@@]1(O)CC[C@@H]2[C@@H]3CCC4=CC(=O)CC[C@]4(C)[C@H]3C(=O)C[C@@]21C)[C@@H](O)C(=O)O. The second kappa shape index (κ2) is 11.3. The Morgan fingerprint density at radius 2 is 1.79 bits per heavy atom. The fourth-order valence-electron chi connectivity index (χ4n) is 8.24. The van der Waals surface area contributed by atoms with Gasteiger partial charge in [0.1, 0.15) is 11.4 Å². The van der Waals surface area contributed by atoms with E-state index in [4.69, 9.17) is 9.84 Å². The normalized spacial score (nSPS) is 34.8. The van der Waals surface area contributed by atoms with Crippen molar-refractivity contribution in [3.63, 3.8) is 0 Å². The predicted octanol–water partition coefficient (Wildman–Crippen LogP) is 1.91. The maximum atomic E-state index is 13.7. The number of amides is 1. The average Bonchev–Trinajstić information content (AvgIpc) is 3.19. The number of Topliss-reactive ketones (excluding diaryl/α,β-unsaturated/α-hetero) is 2. The lowest BCUT2D eigenvalue weighted by molar-refractivity contribution is -0.173. The molecule has 4 aliphatic carbocycles.